The molecule has 0 atom stereocenters. The smallest absolute Gasteiger partial charge is 0.274 e. The number of carbonyl (C=O) groups excluding carboxylic acids is 2. The number of anilines is 2. The van der Waals surface area contributed by atoms with Crippen molar-refractivity contribution in [1.29, 1.82) is 0 Å². The van der Waals surface area contributed by atoms with Crippen LogP contribution in [0.5, 0.6) is 0 Å². The van der Waals surface area contributed by atoms with Crippen LogP contribution in [0.1, 0.15) is 46.8 Å². The number of pyridine rings is 1. The first-order valence-electron chi connectivity index (χ1n) is 9.91. The van der Waals surface area contributed by atoms with Crippen LogP contribution in [0.2, 0.25) is 0 Å². The molecule has 2 N–H and O–H groups in total. The van der Waals surface area contributed by atoms with Crippen molar-refractivity contribution in [3.8, 4) is 0 Å². The number of rotatable bonds is 10. The minimum Gasteiger partial charge on any atom is -0.385 e. The molecule has 7 nitrogen and oxygen atoms in total. The molecule has 1 aromatic heterocycles. The number of nitrogens with one attached hydrogen (secondary N) is 2. The number of nitrogens with zero attached hydrogens (tertiary/aromatic N) is 2. The Morgan fingerprint density at radius 3 is 2.38 bits per heavy atom. The number of aromatic nitrogens is 1. The number of methoxy groups -OCH3 is 1. The summed E-state index contributed by atoms with van der Waals surface area (Å²) in [7, 11) is 1.62. The SMILES string of the molecule is CCN(CC)c1ccc(NC(=O)c2cccc(C(=O)NCCCOC)n2)c(C)c1. The maximum absolute atomic E-state index is 12.6. The lowest BCUT2D eigenvalue weighted by atomic mass is 10.1. The molecule has 0 radical (unpaired) electrons. The highest BCUT2D eigenvalue weighted by molar-refractivity contribution is 6.04. The fourth-order valence-electron chi connectivity index (χ4n) is 2.96. The van der Waals surface area contributed by atoms with Crippen LogP contribution < -0.4 is 15.5 Å². The van der Waals surface area contributed by atoms with Gasteiger partial charge in [-0.15, -0.1) is 0 Å². The van der Waals surface area contributed by atoms with Crippen molar-refractivity contribution in [2.24, 2.45) is 0 Å². The summed E-state index contributed by atoms with van der Waals surface area (Å²) in [5, 5.41) is 5.66. The van der Waals surface area contributed by atoms with E-state index in [1.165, 1.54) is 0 Å². The van der Waals surface area contributed by atoms with E-state index in [2.05, 4.69) is 40.4 Å². The summed E-state index contributed by atoms with van der Waals surface area (Å²) in [5.74, 6) is -0.659. The van der Waals surface area contributed by atoms with Gasteiger partial charge in [0, 0.05) is 44.7 Å². The number of hydrogen-bond donors (Lipinski definition) is 2. The van der Waals surface area contributed by atoms with Crippen LogP contribution >= 0.6 is 0 Å². The molecular weight excluding hydrogens is 368 g/mol. The molecule has 0 bridgehead atoms. The molecule has 1 heterocycles. The zero-order valence-corrected chi connectivity index (χ0v) is 17.6. The average Bonchev–Trinajstić information content (AvgIpc) is 2.74. The number of ether oxygens (including phenoxy) is 1. The van der Waals surface area contributed by atoms with Crippen molar-refractivity contribution in [3.05, 3.63) is 53.3 Å². The molecule has 29 heavy (non-hydrogen) atoms. The number of hydrogen-bond acceptors (Lipinski definition) is 5. The van der Waals surface area contributed by atoms with Gasteiger partial charge in [-0.2, -0.15) is 0 Å². The van der Waals surface area contributed by atoms with Crippen LogP contribution in [0.4, 0.5) is 11.4 Å². The van der Waals surface area contributed by atoms with Gasteiger partial charge in [-0.05, 0) is 63.1 Å². The van der Waals surface area contributed by atoms with Gasteiger partial charge in [0.05, 0.1) is 0 Å². The van der Waals surface area contributed by atoms with E-state index in [1.807, 2.05) is 19.1 Å². The van der Waals surface area contributed by atoms with Gasteiger partial charge < -0.3 is 20.3 Å². The monoisotopic (exact) mass is 398 g/mol. The molecule has 0 spiro atoms. The predicted molar refractivity (Wildman–Crippen MR) is 116 cm³/mol. The molecule has 0 aliphatic heterocycles. The van der Waals surface area contributed by atoms with Gasteiger partial charge in [0.2, 0.25) is 0 Å². The van der Waals surface area contributed by atoms with Gasteiger partial charge in [-0.25, -0.2) is 4.98 Å². The molecule has 1 aromatic carbocycles. The molecule has 0 saturated carbocycles. The lowest BCUT2D eigenvalue weighted by Crippen LogP contribution is -2.27. The Labute approximate surface area is 172 Å². The highest BCUT2D eigenvalue weighted by atomic mass is 16.5. The quantitative estimate of drug-likeness (QED) is 0.600. The fraction of sp³-hybridized carbons (Fsp3) is 0.409. The second kappa shape index (κ2) is 11.2. The minimum absolute atomic E-state index is 0.196. The molecule has 0 unspecified atom stereocenters. The normalized spacial score (nSPS) is 10.5. The second-order valence-corrected chi connectivity index (χ2v) is 6.64. The van der Waals surface area contributed by atoms with E-state index in [4.69, 9.17) is 4.74 Å². The van der Waals surface area contributed by atoms with Crippen LogP contribution in [0.3, 0.4) is 0 Å². The van der Waals surface area contributed by atoms with Crippen LogP contribution in [0, 0.1) is 6.92 Å². The molecule has 7 heteroatoms. The largest absolute Gasteiger partial charge is 0.385 e. The van der Waals surface area contributed by atoms with Crippen LogP contribution in [-0.4, -0.2) is 50.1 Å². The molecule has 2 amide bonds. The number of benzene rings is 1. The summed E-state index contributed by atoms with van der Waals surface area (Å²) in [5.41, 5.74) is 3.22. The lowest BCUT2D eigenvalue weighted by molar-refractivity contribution is 0.0943. The third kappa shape index (κ3) is 6.29. The lowest BCUT2D eigenvalue weighted by Gasteiger charge is -2.22. The van der Waals surface area contributed by atoms with Gasteiger partial charge >= 0.3 is 0 Å². The Hall–Kier alpha value is -2.93. The third-order valence-corrected chi connectivity index (χ3v) is 4.61. The van der Waals surface area contributed by atoms with Gasteiger partial charge in [0.15, 0.2) is 0 Å². The topological polar surface area (TPSA) is 83.6 Å². The van der Waals surface area contributed by atoms with Crippen LogP contribution in [0.15, 0.2) is 36.4 Å². The first-order valence-corrected chi connectivity index (χ1v) is 9.91. The van der Waals surface area contributed by atoms with E-state index in [-0.39, 0.29) is 23.2 Å². The first kappa shape index (κ1) is 22.4. The molecule has 0 aliphatic rings. The highest BCUT2D eigenvalue weighted by Gasteiger charge is 2.14. The summed E-state index contributed by atoms with van der Waals surface area (Å²) in [4.78, 5) is 31.3. The highest BCUT2D eigenvalue weighted by Crippen LogP contribution is 2.23. The summed E-state index contributed by atoms with van der Waals surface area (Å²) < 4.78 is 4.96. The Bertz CT molecular complexity index is 835. The Kier molecular flexibility index (Phi) is 8.61. The molecule has 0 fully saturated rings. The molecule has 2 rings (SSSR count). The Morgan fingerprint density at radius 2 is 1.76 bits per heavy atom. The number of amides is 2. The van der Waals surface area contributed by atoms with Crippen molar-refractivity contribution in [2.45, 2.75) is 27.2 Å². The van der Waals surface area contributed by atoms with E-state index < -0.39 is 0 Å². The van der Waals surface area contributed by atoms with E-state index in [0.29, 0.717) is 19.6 Å². The number of aryl methyl sites for hydroxylation is 1. The summed E-state index contributed by atoms with van der Waals surface area (Å²) in [6.45, 7) is 9.09. The Balaban J connectivity index is 2.06. The van der Waals surface area contributed by atoms with Gasteiger partial charge in [0.1, 0.15) is 11.4 Å². The number of carbonyl (C=O) groups is 2. The van der Waals surface area contributed by atoms with Gasteiger partial charge in [0.25, 0.3) is 11.8 Å². The molecule has 0 saturated heterocycles. The molecular formula is C22H30N4O3. The summed E-state index contributed by atoms with van der Waals surface area (Å²) >= 11 is 0. The summed E-state index contributed by atoms with van der Waals surface area (Å²) in [6, 6.07) is 10.8. The first-order chi connectivity index (χ1) is 14.0. The van der Waals surface area contributed by atoms with Crippen LogP contribution in [0.25, 0.3) is 0 Å². The van der Waals surface area contributed by atoms with Crippen molar-refractivity contribution in [3.63, 3.8) is 0 Å². The van der Waals surface area contributed by atoms with Crippen molar-refractivity contribution < 1.29 is 14.3 Å². The third-order valence-electron chi connectivity index (χ3n) is 4.61. The summed E-state index contributed by atoms with van der Waals surface area (Å²) in [6.07, 6.45) is 0.713. The zero-order valence-electron chi connectivity index (χ0n) is 17.6. The average molecular weight is 399 g/mol. The van der Waals surface area contributed by atoms with Crippen molar-refractivity contribution >= 4 is 23.2 Å². The van der Waals surface area contributed by atoms with E-state index in [0.717, 1.165) is 30.0 Å². The van der Waals surface area contributed by atoms with E-state index >= 15 is 0 Å². The van der Waals surface area contributed by atoms with Gasteiger partial charge in [-0.3, -0.25) is 9.59 Å². The molecule has 0 aliphatic carbocycles. The van der Waals surface area contributed by atoms with Crippen molar-refractivity contribution in [1.82, 2.24) is 10.3 Å². The zero-order chi connectivity index (χ0) is 21.2. The predicted octanol–water partition coefficient (Wildman–Crippen LogP) is 3.25. The van der Waals surface area contributed by atoms with Crippen LogP contribution in [-0.2, 0) is 4.74 Å². The van der Waals surface area contributed by atoms with Crippen molar-refractivity contribution in [2.75, 3.05) is 43.6 Å². The standard InChI is InChI=1S/C22H30N4O3/c1-5-26(6-2)17-11-12-18(16(3)15-17)25-22(28)20-10-7-9-19(24-20)21(27)23-13-8-14-29-4/h7,9-12,15H,5-6,8,13-14H2,1-4H3,(H,23,27)(H,25,28). The second-order valence-electron chi connectivity index (χ2n) is 6.64. The molecule has 2 aromatic rings. The van der Waals surface area contributed by atoms with E-state index in [9.17, 15) is 9.59 Å². The molecule has 156 valence electrons. The van der Waals surface area contributed by atoms with Gasteiger partial charge in [-0.1, -0.05) is 6.07 Å². The minimum atomic E-state index is -0.349. The maximum Gasteiger partial charge on any atom is 0.274 e. The van der Waals surface area contributed by atoms with E-state index in [1.54, 1.807) is 25.3 Å². The maximum atomic E-state index is 12.6. The fourth-order valence-corrected chi connectivity index (χ4v) is 2.96. The Morgan fingerprint density at radius 1 is 1.07 bits per heavy atom.